The summed E-state index contributed by atoms with van der Waals surface area (Å²) in [5, 5.41) is 7.33. The van der Waals surface area contributed by atoms with Crippen LogP contribution in [0.25, 0.3) is 5.69 Å². The van der Waals surface area contributed by atoms with E-state index in [0.717, 1.165) is 11.8 Å². The van der Waals surface area contributed by atoms with Crippen LogP contribution in [-0.2, 0) is 0 Å². The molecule has 4 nitrogen and oxygen atoms in total. The number of rotatable bonds is 4. The molecule has 0 saturated heterocycles. The largest absolute Gasteiger partial charge is 0.348 e. The molecule has 1 N–H and O–H groups in total. The van der Waals surface area contributed by atoms with Crippen LogP contribution in [0.15, 0.2) is 36.5 Å². The van der Waals surface area contributed by atoms with E-state index in [4.69, 9.17) is 0 Å². The first-order valence-electron chi connectivity index (χ1n) is 8.73. The lowest BCUT2D eigenvalue weighted by atomic mass is 9.84. The van der Waals surface area contributed by atoms with Gasteiger partial charge in [-0.15, -0.1) is 0 Å². The standard InChI is InChI=1S/C19H22FN3O/c1-12(15-11-13-6-7-14(15)10-13)21-19(24)17-8-9-23(22-17)18-5-3-2-4-16(18)20/h2-5,8-9,12-15H,6-7,10-11H2,1H3,(H,21,24)/t12-,13-,14-,15+/m0/s1. The van der Waals surface area contributed by atoms with E-state index in [1.807, 2.05) is 0 Å². The molecule has 126 valence electrons. The predicted octanol–water partition coefficient (Wildman–Crippen LogP) is 3.57. The van der Waals surface area contributed by atoms with Crippen LogP contribution >= 0.6 is 0 Å². The lowest BCUT2D eigenvalue weighted by Crippen LogP contribution is -2.40. The van der Waals surface area contributed by atoms with Crippen molar-refractivity contribution in [2.75, 3.05) is 0 Å². The third-order valence-electron chi connectivity index (χ3n) is 5.71. The SMILES string of the molecule is C[C@H](NC(=O)c1ccn(-c2ccccc2F)n1)[C@H]1C[C@H]2CC[C@H]1C2. The average Bonchev–Trinajstić information content (AvgIpc) is 3.31. The van der Waals surface area contributed by atoms with Gasteiger partial charge in [0.05, 0.1) is 0 Å². The number of fused-ring (bicyclic) bond motifs is 2. The van der Waals surface area contributed by atoms with Gasteiger partial charge in [-0.05, 0) is 62.1 Å². The summed E-state index contributed by atoms with van der Waals surface area (Å²) in [4.78, 5) is 12.5. The second kappa shape index (κ2) is 6.04. The lowest BCUT2D eigenvalue weighted by Gasteiger charge is -2.28. The van der Waals surface area contributed by atoms with Crippen molar-refractivity contribution in [3.8, 4) is 5.69 Å². The van der Waals surface area contributed by atoms with E-state index in [9.17, 15) is 9.18 Å². The van der Waals surface area contributed by atoms with E-state index >= 15 is 0 Å². The molecule has 0 unspecified atom stereocenters. The number of amides is 1. The zero-order valence-corrected chi connectivity index (χ0v) is 13.8. The summed E-state index contributed by atoms with van der Waals surface area (Å²) in [6, 6.07) is 8.20. The number of para-hydroxylation sites is 1. The van der Waals surface area contributed by atoms with E-state index < -0.39 is 0 Å². The molecule has 0 aliphatic heterocycles. The Balaban J connectivity index is 1.45. The molecule has 1 aromatic heterocycles. The first-order chi connectivity index (χ1) is 11.6. The van der Waals surface area contributed by atoms with Crippen LogP contribution in [0.1, 0.15) is 43.1 Å². The van der Waals surface area contributed by atoms with Crippen molar-refractivity contribution in [2.45, 2.75) is 38.6 Å². The van der Waals surface area contributed by atoms with Gasteiger partial charge in [-0.25, -0.2) is 9.07 Å². The highest BCUT2D eigenvalue weighted by Gasteiger charge is 2.42. The second-order valence-corrected chi connectivity index (χ2v) is 7.20. The fourth-order valence-corrected chi connectivity index (χ4v) is 4.51. The normalized spacial score (nSPS) is 26.5. The van der Waals surface area contributed by atoms with Gasteiger partial charge in [0.25, 0.3) is 5.91 Å². The Labute approximate surface area is 141 Å². The third kappa shape index (κ3) is 2.72. The zero-order valence-electron chi connectivity index (χ0n) is 13.8. The van der Waals surface area contributed by atoms with E-state index in [1.165, 1.54) is 36.4 Å². The number of hydrogen-bond donors (Lipinski definition) is 1. The molecule has 2 fully saturated rings. The van der Waals surface area contributed by atoms with Crippen LogP contribution in [0, 0.1) is 23.6 Å². The van der Waals surface area contributed by atoms with Crippen molar-refractivity contribution in [1.82, 2.24) is 15.1 Å². The first-order valence-corrected chi connectivity index (χ1v) is 8.73. The molecule has 0 spiro atoms. The van der Waals surface area contributed by atoms with Gasteiger partial charge in [0.15, 0.2) is 5.69 Å². The van der Waals surface area contributed by atoms with Gasteiger partial charge in [0, 0.05) is 12.2 Å². The minimum atomic E-state index is -0.358. The fourth-order valence-electron chi connectivity index (χ4n) is 4.51. The molecule has 24 heavy (non-hydrogen) atoms. The van der Waals surface area contributed by atoms with Crippen molar-refractivity contribution < 1.29 is 9.18 Å². The summed E-state index contributed by atoms with van der Waals surface area (Å²) in [5.74, 6) is 1.67. The van der Waals surface area contributed by atoms with Gasteiger partial charge in [0.1, 0.15) is 11.5 Å². The van der Waals surface area contributed by atoms with E-state index in [1.54, 1.807) is 30.5 Å². The smallest absolute Gasteiger partial charge is 0.272 e. The minimum Gasteiger partial charge on any atom is -0.348 e. The number of carbonyl (C=O) groups is 1. The topological polar surface area (TPSA) is 46.9 Å². The van der Waals surface area contributed by atoms with Gasteiger partial charge >= 0.3 is 0 Å². The van der Waals surface area contributed by atoms with Gasteiger partial charge in [-0.1, -0.05) is 18.6 Å². The molecule has 4 atom stereocenters. The summed E-state index contributed by atoms with van der Waals surface area (Å²) in [6.07, 6.45) is 6.84. The Morgan fingerprint density at radius 3 is 2.83 bits per heavy atom. The van der Waals surface area contributed by atoms with Crippen LogP contribution in [0.5, 0.6) is 0 Å². The van der Waals surface area contributed by atoms with Crippen molar-refractivity contribution in [2.24, 2.45) is 17.8 Å². The molecule has 2 bridgehead atoms. The number of nitrogens with one attached hydrogen (secondary N) is 1. The quantitative estimate of drug-likeness (QED) is 0.933. The number of nitrogens with zero attached hydrogens (tertiary/aromatic N) is 2. The van der Waals surface area contributed by atoms with Gasteiger partial charge in [0.2, 0.25) is 0 Å². The van der Waals surface area contributed by atoms with Crippen molar-refractivity contribution in [3.05, 3.63) is 48.0 Å². The zero-order chi connectivity index (χ0) is 16.7. The predicted molar refractivity (Wildman–Crippen MR) is 89.4 cm³/mol. The molecule has 2 aliphatic carbocycles. The highest BCUT2D eigenvalue weighted by atomic mass is 19.1. The molecule has 1 amide bonds. The van der Waals surface area contributed by atoms with Crippen LogP contribution in [0.4, 0.5) is 4.39 Å². The molecule has 4 rings (SSSR count). The molecule has 5 heteroatoms. The second-order valence-electron chi connectivity index (χ2n) is 7.20. The minimum absolute atomic E-state index is 0.159. The number of hydrogen-bond acceptors (Lipinski definition) is 2. The average molecular weight is 327 g/mol. The maximum Gasteiger partial charge on any atom is 0.272 e. The summed E-state index contributed by atoms with van der Waals surface area (Å²) in [7, 11) is 0. The van der Waals surface area contributed by atoms with Crippen molar-refractivity contribution in [3.63, 3.8) is 0 Å². The fraction of sp³-hybridized carbons (Fsp3) is 0.474. The van der Waals surface area contributed by atoms with Gasteiger partial charge in [-0.3, -0.25) is 4.79 Å². The molecular formula is C19H22FN3O. The molecular weight excluding hydrogens is 305 g/mol. The Morgan fingerprint density at radius 2 is 2.12 bits per heavy atom. The molecule has 2 saturated carbocycles. The Morgan fingerprint density at radius 1 is 1.29 bits per heavy atom. The van der Waals surface area contributed by atoms with Gasteiger partial charge < -0.3 is 5.32 Å². The number of benzene rings is 1. The summed E-state index contributed by atoms with van der Waals surface area (Å²) < 4.78 is 15.2. The molecule has 2 aliphatic rings. The summed E-state index contributed by atoms with van der Waals surface area (Å²) in [6.45, 7) is 2.09. The first kappa shape index (κ1) is 15.4. The summed E-state index contributed by atoms with van der Waals surface area (Å²) in [5.41, 5.74) is 0.672. The number of halogens is 1. The highest BCUT2D eigenvalue weighted by molar-refractivity contribution is 5.92. The Bertz CT molecular complexity index is 757. The van der Waals surface area contributed by atoms with Gasteiger partial charge in [-0.2, -0.15) is 5.10 Å². The highest BCUT2D eigenvalue weighted by Crippen LogP contribution is 2.49. The maximum atomic E-state index is 13.8. The summed E-state index contributed by atoms with van der Waals surface area (Å²) >= 11 is 0. The van der Waals surface area contributed by atoms with Crippen LogP contribution in [0.2, 0.25) is 0 Å². The van der Waals surface area contributed by atoms with Crippen LogP contribution in [0.3, 0.4) is 0 Å². The Kier molecular flexibility index (Phi) is 3.87. The monoisotopic (exact) mass is 327 g/mol. The van der Waals surface area contributed by atoms with Crippen molar-refractivity contribution in [1.29, 1.82) is 0 Å². The lowest BCUT2D eigenvalue weighted by molar-refractivity contribution is 0.0909. The van der Waals surface area contributed by atoms with Crippen molar-refractivity contribution >= 4 is 5.91 Å². The number of aromatic nitrogens is 2. The third-order valence-corrected chi connectivity index (χ3v) is 5.71. The number of carbonyl (C=O) groups excluding carboxylic acids is 1. The maximum absolute atomic E-state index is 13.8. The van der Waals surface area contributed by atoms with Crippen LogP contribution in [-0.4, -0.2) is 21.7 Å². The molecule has 1 heterocycles. The van der Waals surface area contributed by atoms with E-state index in [-0.39, 0.29) is 17.8 Å². The molecule has 1 aromatic carbocycles. The Hall–Kier alpha value is -2.17. The molecule has 0 radical (unpaired) electrons. The van der Waals surface area contributed by atoms with E-state index in [0.29, 0.717) is 17.3 Å². The molecule has 2 aromatic rings. The van der Waals surface area contributed by atoms with E-state index in [2.05, 4.69) is 17.3 Å². The van der Waals surface area contributed by atoms with Crippen LogP contribution < -0.4 is 5.32 Å².